The Kier molecular flexibility index (Phi) is 7.73. The maximum atomic E-state index is 13.6. The first-order valence-corrected chi connectivity index (χ1v) is 11.6. The summed E-state index contributed by atoms with van der Waals surface area (Å²) < 4.78 is 33.8. The van der Waals surface area contributed by atoms with Gasteiger partial charge in [0, 0.05) is 31.4 Å². The van der Waals surface area contributed by atoms with Crippen LogP contribution in [0.3, 0.4) is 0 Å². The van der Waals surface area contributed by atoms with E-state index in [-0.39, 0.29) is 23.2 Å². The molecule has 2 heterocycles. The standard InChI is InChI=1S/C23H25N3O4S.ClH/c1-24-16-18-14-22(19-6-3-2-4-7-19)26(17-18)31(28,29)21-9-5-8-20(15-21)23(27)25-10-12-30-13-11-25;/h2-9,14-15,17,24H,10-13,16H2,1H3;1H. The zero-order chi connectivity index (χ0) is 21.8. The van der Waals surface area contributed by atoms with Crippen molar-refractivity contribution in [2.75, 3.05) is 33.4 Å². The molecule has 2 aromatic carbocycles. The van der Waals surface area contributed by atoms with E-state index >= 15 is 0 Å². The molecule has 0 radical (unpaired) electrons. The normalized spacial score (nSPS) is 14.1. The molecule has 1 N–H and O–H groups in total. The summed E-state index contributed by atoms with van der Waals surface area (Å²) in [5.74, 6) is -0.188. The topological polar surface area (TPSA) is 80.6 Å². The molecule has 32 heavy (non-hydrogen) atoms. The number of hydrogen-bond donors (Lipinski definition) is 1. The zero-order valence-electron chi connectivity index (χ0n) is 17.7. The number of amides is 1. The fraction of sp³-hybridized carbons (Fsp3) is 0.261. The number of ether oxygens (including phenoxy) is 1. The van der Waals surface area contributed by atoms with Gasteiger partial charge in [-0.1, -0.05) is 36.4 Å². The Hall–Kier alpha value is -2.65. The Morgan fingerprint density at radius 3 is 2.44 bits per heavy atom. The minimum Gasteiger partial charge on any atom is -0.378 e. The molecule has 1 aliphatic heterocycles. The van der Waals surface area contributed by atoms with Crippen LogP contribution < -0.4 is 5.32 Å². The third kappa shape index (κ3) is 4.88. The first kappa shape index (κ1) is 24.0. The maximum Gasteiger partial charge on any atom is 0.268 e. The first-order chi connectivity index (χ1) is 15.0. The molecule has 1 amide bonds. The maximum absolute atomic E-state index is 13.6. The van der Waals surface area contributed by atoms with Gasteiger partial charge in [0.2, 0.25) is 0 Å². The number of morpholine rings is 1. The van der Waals surface area contributed by atoms with E-state index in [1.54, 1.807) is 23.2 Å². The van der Waals surface area contributed by atoms with Crippen molar-refractivity contribution in [2.24, 2.45) is 0 Å². The molecule has 0 bridgehead atoms. The monoisotopic (exact) mass is 475 g/mol. The van der Waals surface area contributed by atoms with Gasteiger partial charge in [-0.05, 0) is 42.4 Å². The molecule has 7 nitrogen and oxygen atoms in total. The zero-order valence-corrected chi connectivity index (χ0v) is 19.4. The predicted octanol–water partition coefficient (Wildman–Crippen LogP) is 3.01. The number of benzene rings is 2. The highest BCUT2D eigenvalue weighted by Crippen LogP contribution is 2.27. The van der Waals surface area contributed by atoms with Crippen LogP contribution in [0, 0.1) is 0 Å². The summed E-state index contributed by atoms with van der Waals surface area (Å²) in [4.78, 5) is 14.6. The van der Waals surface area contributed by atoms with Crippen LogP contribution in [-0.4, -0.2) is 56.5 Å². The molecule has 0 atom stereocenters. The van der Waals surface area contributed by atoms with E-state index in [1.807, 2.05) is 43.4 Å². The van der Waals surface area contributed by atoms with Crippen molar-refractivity contribution in [3.8, 4) is 11.3 Å². The molecule has 0 unspecified atom stereocenters. The van der Waals surface area contributed by atoms with Crippen molar-refractivity contribution in [2.45, 2.75) is 11.4 Å². The van der Waals surface area contributed by atoms with E-state index in [1.165, 1.54) is 16.1 Å². The second-order valence-electron chi connectivity index (χ2n) is 7.36. The summed E-state index contributed by atoms with van der Waals surface area (Å²) >= 11 is 0. The fourth-order valence-electron chi connectivity index (χ4n) is 3.67. The number of nitrogens with zero attached hydrogens (tertiary/aromatic N) is 2. The van der Waals surface area contributed by atoms with Gasteiger partial charge in [-0.3, -0.25) is 4.79 Å². The van der Waals surface area contributed by atoms with E-state index in [9.17, 15) is 13.2 Å². The quantitative estimate of drug-likeness (QED) is 0.592. The number of carbonyl (C=O) groups is 1. The highest BCUT2D eigenvalue weighted by molar-refractivity contribution is 7.90. The van der Waals surface area contributed by atoms with Gasteiger partial charge < -0.3 is 15.0 Å². The molecular weight excluding hydrogens is 450 g/mol. The molecule has 1 aliphatic rings. The fourth-order valence-corrected chi connectivity index (χ4v) is 5.11. The lowest BCUT2D eigenvalue weighted by atomic mass is 10.1. The first-order valence-electron chi connectivity index (χ1n) is 10.1. The van der Waals surface area contributed by atoms with Crippen LogP contribution in [-0.2, 0) is 21.3 Å². The second kappa shape index (κ2) is 10.3. The van der Waals surface area contributed by atoms with Crippen LogP contribution in [0.25, 0.3) is 11.3 Å². The molecule has 3 aromatic rings. The molecule has 1 aromatic heterocycles. The lowest BCUT2D eigenvalue weighted by molar-refractivity contribution is 0.0302. The molecule has 0 aliphatic carbocycles. The van der Waals surface area contributed by atoms with Gasteiger partial charge >= 0.3 is 0 Å². The average molecular weight is 476 g/mol. The Morgan fingerprint density at radius 2 is 1.75 bits per heavy atom. The third-order valence-corrected chi connectivity index (χ3v) is 6.90. The van der Waals surface area contributed by atoms with E-state index in [0.717, 1.165) is 11.1 Å². The highest BCUT2D eigenvalue weighted by Gasteiger charge is 2.24. The Bertz CT molecular complexity index is 1170. The number of rotatable bonds is 6. The predicted molar refractivity (Wildman–Crippen MR) is 126 cm³/mol. The van der Waals surface area contributed by atoms with E-state index in [4.69, 9.17) is 4.74 Å². The summed E-state index contributed by atoms with van der Waals surface area (Å²) in [7, 11) is -2.09. The van der Waals surface area contributed by atoms with Gasteiger partial charge in [0.15, 0.2) is 0 Å². The van der Waals surface area contributed by atoms with Crippen LogP contribution in [0.5, 0.6) is 0 Å². The van der Waals surface area contributed by atoms with Gasteiger partial charge in [-0.2, -0.15) is 0 Å². The number of nitrogens with one attached hydrogen (secondary N) is 1. The van der Waals surface area contributed by atoms with Crippen molar-refractivity contribution < 1.29 is 17.9 Å². The number of carbonyl (C=O) groups excluding carboxylic acids is 1. The molecular formula is C23H26ClN3O4S. The molecule has 4 rings (SSSR count). The van der Waals surface area contributed by atoms with Gasteiger partial charge in [0.1, 0.15) is 0 Å². The molecule has 1 fully saturated rings. The van der Waals surface area contributed by atoms with Crippen molar-refractivity contribution in [1.29, 1.82) is 0 Å². The Labute approximate surface area is 194 Å². The largest absolute Gasteiger partial charge is 0.378 e. The van der Waals surface area contributed by atoms with E-state index in [0.29, 0.717) is 44.1 Å². The van der Waals surface area contributed by atoms with E-state index < -0.39 is 10.0 Å². The minimum atomic E-state index is -3.91. The lowest BCUT2D eigenvalue weighted by Gasteiger charge is -2.27. The summed E-state index contributed by atoms with van der Waals surface area (Å²) in [6, 6.07) is 17.5. The summed E-state index contributed by atoms with van der Waals surface area (Å²) in [5.41, 5.74) is 2.59. The van der Waals surface area contributed by atoms with Crippen molar-refractivity contribution in [3.05, 3.63) is 78.0 Å². The molecule has 0 saturated carbocycles. The molecule has 170 valence electrons. The third-order valence-electron chi connectivity index (χ3n) is 5.23. The Morgan fingerprint density at radius 1 is 1.03 bits per heavy atom. The van der Waals surface area contributed by atoms with Crippen molar-refractivity contribution in [1.82, 2.24) is 14.2 Å². The van der Waals surface area contributed by atoms with Crippen molar-refractivity contribution >= 4 is 28.3 Å². The summed E-state index contributed by atoms with van der Waals surface area (Å²) in [5, 5.41) is 3.06. The van der Waals surface area contributed by atoms with Crippen LogP contribution in [0.4, 0.5) is 0 Å². The average Bonchev–Trinajstić information content (AvgIpc) is 3.25. The van der Waals surface area contributed by atoms with Crippen LogP contribution >= 0.6 is 12.4 Å². The van der Waals surface area contributed by atoms with E-state index in [2.05, 4.69) is 5.32 Å². The van der Waals surface area contributed by atoms with Crippen LogP contribution in [0.2, 0.25) is 0 Å². The number of hydrogen-bond acceptors (Lipinski definition) is 5. The van der Waals surface area contributed by atoms with Gasteiger partial charge in [0.25, 0.3) is 15.9 Å². The van der Waals surface area contributed by atoms with Crippen molar-refractivity contribution in [3.63, 3.8) is 0 Å². The second-order valence-corrected chi connectivity index (χ2v) is 9.18. The number of halogens is 1. The molecule has 1 saturated heterocycles. The summed E-state index contributed by atoms with van der Waals surface area (Å²) in [6.45, 7) is 2.51. The number of aromatic nitrogens is 1. The van der Waals surface area contributed by atoms with Gasteiger partial charge in [-0.15, -0.1) is 12.4 Å². The SMILES string of the molecule is CNCc1cc(-c2ccccc2)n(S(=O)(=O)c2cccc(C(=O)N3CCOCC3)c2)c1.Cl. The smallest absolute Gasteiger partial charge is 0.268 e. The van der Waals surface area contributed by atoms with Crippen LogP contribution in [0.15, 0.2) is 71.8 Å². The Balaban J connectivity index is 0.00000289. The molecule has 0 spiro atoms. The van der Waals surface area contributed by atoms with Gasteiger partial charge in [0.05, 0.1) is 23.8 Å². The molecule has 9 heteroatoms. The summed E-state index contributed by atoms with van der Waals surface area (Å²) in [6.07, 6.45) is 1.63. The minimum absolute atomic E-state index is 0. The lowest BCUT2D eigenvalue weighted by Crippen LogP contribution is -2.40. The van der Waals surface area contributed by atoms with Crippen LogP contribution in [0.1, 0.15) is 15.9 Å². The highest BCUT2D eigenvalue weighted by atomic mass is 35.5. The van der Waals surface area contributed by atoms with Gasteiger partial charge in [-0.25, -0.2) is 12.4 Å².